The van der Waals surface area contributed by atoms with Crippen LogP contribution < -0.4 is 14.8 Å². The van der Waals surface area contributed by atoms with E-state index in [-0.39, 0.29) is 12.5 Å². The number of anilines is 1. The summed E-state index contributed by atoms with van der Waals surface area (Å²) in [6, 6.07) is 13.7. The molecule has 2 rings (SSSR count). The topological polar surface area (TPSA) is 50.8 Å². The Labute approximate surface area is 153 Å². The molecule has 0 aromatic heterocycles. The van der Waals surface area contributed by atoms with Gasteiger partial charge in [0.15, 0.2) is 0 Å². The van der Waals surface area contributed by atoms with Crippen LogP contribution in [-0.2, 0) is 11.3 Å². The summed E-state index contributed by atoms with van der Waals surface area (Å²) >= 11 is 1.71. The molecular weight excluding hydrogens is 336 g/mol. The molecule has 0 saturated carbocycles. The van der Waals surface area contributed by atoms with Crippen LogP contribution in [0, 0.1) is 0 Å². The first kappa shape index (κ1) is 19.1. The minimum atomic E-state index is -0.102. The van der Waals surface area contributed by atoms with Crippen LogP contribution in [0.15, 0.2) is 47.4 Å². The zero-order chi connectivity index (χ0) is 18.2. The molecule has 0 heterocycles. The van der Waals surface area contributed by atoms with E-state index < -0.39 is 0 Å². The Hall–Kier alpha value is -2.18. The summed E-state index contributed by atoms with van der Waals surface area (Å²) in [4.78, 5) is 15.5. The number of hydrogen-bond donors (Lipinski definition) is 1. The predicted octanol–water partition coefficient (Wildman–Crippen LogP) is 3.50. The summed E-state index contributed by atoms with van der Waals surface area (Å²) in [5.74, 6) is 1.16. The van der Waals surface area contributed by atoms with Crippen LogP contribution in [0.2, 0.25) is 0 Å². The molecule has 2 aromatic carbocycles. The second-order valence-electron chi connectivity index (χ2n) is 5.63. The first-order valence-corrected chi connectivity index (χ1v) is 9.11. The Morgan fingerprint density at radius 1 is 1.12 bits per heavy atom. The zero-order valence-electron chi connectivity index (χ0n) is 15.0. The summed E-state index contributed by atoms with van der Waals surface area (Å²) in [6.45, 7) is 0.988. The number of rotatable bonds is 8. The lowest BCUT2D eigenvalue weighted by atomic mass is 10.2. The van der Waals surface area contributed by atoms with Crippen molar-refractivity contribution in [2.45, 2.75) is 11.4 Å². The molecule has 1 amide bonds. The molecule has 0 aliphatic rings. The van der Waals surface area contributed by atoms with Crippen molar-refractivity contribution in [2.24, 2.45) is 0 Å². The van der Waals surface area contributed by atoms with E-state index in [1.807, 2.05) is 11.9 Å². The van der Waals surface area contributed by atoms with E-state index in [1.54, 1.807) is 44.2 Å². The van der Waals surface area contributed by atoms with E-state index >= 15 is 0 Å². The minimum absolute atomic E-state index is 0.102. The van der Waals surface area contributed by atoms with Gasteiger partial charge in [-0.3, -0.25) is 9.69 Å². The number of carbonyl (C=O) groups excluding carboxylic acids is 1. The van der Waals surface area contributed by atoms with Gasteiger partial charge >= 0.3 is 0 Å². The Bertz CT molecular complexity index is 704. The van der Waals surface area contributed by atoms with Crippen molar-refractivity contribution in [2.75, 3.05) is 39.4 Å². The highest BCUT2D eigenvalue weighted by molar-refractivity contribution is 7.98. The second-order valence-corrected chi connectivity index (χ2v) is 6.51. The van der Waals surface area contributed by atoms with Gasteiger partial charge in [0.25, 0.3) is 0 Å². The van der Waals surface area contributed by atoms with Crippen molar-refractivity contribution in [1.82, 2.24) is 4.90 Å². The SMILES string of the molecule is COc1ccc(OC)c(NC(=O)CN(C)Cc2ccc(SC)cc2)c1. The van der Waals surface area contributed by atoms with Gasteiger partial charge in [0.05, 0.1) is 26.5 Å². The van der Waals surface area contributed by atoms with Crippen LogP contribution >= 0.6 is 11.8 Å². The van der Waals surface area contributed by atoms with Gasteiger partial charge in [0.1, 0.15) is 11.5 Å². The molecule has 0 spiro atoms. The molecule has 134 valence electrons. The van der Waals surface area contributed by atoms with E-state index in [0.29, 0.717) is 23.7 Å². The zero-order valence-corrected chi connectivity index (χ0v) is 15.9. The average Bonchev–Trinajstić information content (AvgIpc) is 2.62. The summed E-state index contributed by atoms with van der Waals surface area (Å²) in [5, 5.41) is 2.88. The molecular formula is C19H24N2O3S. The molecule has 1 N–H and O–H groups in total. The third-order valence-corrected chi connectivity index (χ3v) is 4.45. The number of amides is 1. The van der Waals surface area contributed by atoms with E-state index in [1.165, 1.54) is 10.5 Å². The normalized spacial score (nSPS) is 10.6. The van der Waals surface area contributed by atoms with Gasteiger partial charge in [-0.05, 0) is 43.1 Å². The van der Waals surface area contributed by atoms with E-state index in [4.69, 9.17) is 9.47 Å². The molecule has 0 radical (unpaired) electrons. The van der Waals surface area contributed by atoms with Gasteiger partial charge in [-0.1, -0.05) is 12.1 Å². The number of benzene rings is 2. The van der Waals surface area contributed by atoms with Gasteiger partial charge in [-0.25, -0.2) is 0 Å². The maximum absolute atomic E-state index is 12.3. The van der Waals surface area contributed by atoms with E-state index in [9.17, 15) is 4.79 Å². The van der Waals surface area contributed by atoms with Crippen molar-refractivity contribution >= 4 is 23.4 Å². The van der Waals surface area contributed by atoms with Gasteiger partial charge in [-0.2, -0.15) is 0 Å². The van der Waals surface area contributed by atoms with Gasteiger partial charge in [0.2, 0.25) is 5.91 Å². The molecule has 0 aliphatic carbocycles. The monoisotopic (exact) mass is 360 g/mol. The number of likely N-dealkylation sites (N-methyl/N-ethyl adjacent to an activating group) is 1. The highest BCUT2D eigenvalue weighted by atomic mass is 32.2. The van der Waals surface area contributed by atoms with Crippen molar-refractivity contribution < 1.29 is 14.3 Å². The smallest absolute Gasteiger partial charge is 0.238 e. The van der Waals surface area contributed by atoms with Gasteiger partial charge in [-0.15, -0.1) is 11.8 Å². The highest BCUT2D eigenvalue weighted by Crippen LogP contribution is 2.28. The second kappa shape index (κ2) is 9.34. The largest absolute Gasteiger partial charge is 0.497 e. The van der Waals surface area contributed by atoms with Crippen LogP contribution in [0.4, 0.5) is 5.69 Å². The standard InChI is InChI=1S/C19H24N2O3S/c1-21(12-14-5-8-16(25-4)9-6-14)13-19(22)20-17-11-15(23-2)7-10-18(17)24-3/h5-11H,12-13H2,1-4H3,(H,20,22). The number of nitrogens with zero attached hydrogens (tertiary/aromatic N) is 1. The quantitative estimate of drug-likeness (QED) is 0.730. The Balaban J connectivity index is 1.94. The molecule has 0 atom stereocenters. The van der Waals surface area contributed by atoms with E-state index in [2.05, 4.69) is 35.8 Å². The van der Waals surface area contributed by atoms with Crippen LogP contribution in [0.5, 0.6) is 11.5 Å². The highest BCUT2D eigenvalue weighted by Gasteiger charge is 2.11. The number of carbonyl (C=O) groups is 1. The first-order valence-electron chi connectivity index (χ1n) is 7.89. The molecule has 25 heavy (non-hydrogen) atoms. The van der Waals surface area contributed by atoms with Crippen LogP contribution in [-0.4, -0.2) is 44.9 Å². The molecule has 0 unspecified atom stereocenters. The molecule has 0 aliphatic heterocycles. The van der Waals surface area contributed by atoms with Crippen molar-refractivity contribution in [1.29, 1.82) is 0 Å². The number of methoxy groups -OCH3 is 2. The van der Waals surface area contributed by atoms with Crippen molar-refractivity contribution in [3.8, 4) is 11.5 Å². The Morgan fingerprint density at radius 2 is 1.84 bits per heavy atom. The third kappa shape index (κ3) is 5.69. The number of ether oxygens (including phenoxy) is 2. The fourth-order valence-corrected chi connectivity index (χ4v) is 2.85. The lowest BCUT2D eigenvalue weighted by molar-refractivity contribution is -0.117. The summed E-state index contributed by atoms with van der Waals surface area (Å²) < 4.78 is 10.5. The number of thioether (sulfide) groups is 1. The summed E-state index contributed by atoms with van der Waals surface area (Å²) in [7, 11) is 5.08. The van der Waals surface area contributed by atoms with Crippen LogP contribution in [0.3, 0.4) is 0 Å². The maximum Gasteiger partial charge on any atom is 0.238 e. The van der Waals surface area contributed by atoms with Crippen molar-refractivity contribution in [3.05, 3.63) is 48.0 Å². The molecule has 0 saturated heterocycles. The van der Waals surface area contributed by atoms with E-state index in [0.717, 1.165) is 0 Å². The van der Waals surface area contributed by atoms with Crippen LogP contribution in [0.25, 0.3) is 0 Å². The molecule has 0 bridgehead atoms. The predicted molar refractivity (Wildman–Crippen MR) is 103 cm³/mol. The maximum atomic E-state index is 12.3. The Kier molecular flexibility index (Phi) is 7.16. The lowest BCUT2D eigenvalue weighted by Gasteiger charge is -2.17. The lowest BCUT2D eigenvalue weighted by Crippen LogP contribution is -2.29. The molecule has 0 fully saturated rings. The van der Waals surface area contributed by atoms with Gasteiger partial charge < -0.3 is 14.8 Å². The van der Waals surface area contributed by atoms with Crippen molar-refractivity contribution in [3.63, 3.8) is 0 Å². The molecule has 6 heteroatoms. The summed E-state index contributed by atoms with van der Waals surface area (Å²) in [6.07, 6.45) is 2.05. The first-order chi connectivity index (χ1) is 12.0. The minimum Gasteiger partial charge on any atom is -0.497 e. The number of hydrogen-bond acceptors (Lipinski definition) is 5. The fourth-order valence-electron chi connectivity index (χ4n) is 2.45. The summed E-state index contributed by atoms with van der Waals surface area (Å²) in [5.41, 5.74) is 1.77. The van der Waals surface area contributed by atoms with Crippen LogP contribution in [0.1, 0.15) is 5.56 Å². The average molecular weight is 360 g/mol. The Morgan fingerprint density at radius 3 is 2.44 bits per heavy atom. The van der Waals surface area contributed by atoms with Gasteiger partial charge in [0, 0.05) is 17.5 Å². The molecule has 2 aromatic rings. The third-order valence-electron chi connectivity index (χ3n) is 3.71. The molecule has 5 nitrogen and oxygen atoms in total. The number of nitrogens with one attached hydrogen (secondary N) is 1. The fraction of sp³-hybridized carbons (Fsp3) is 0.316.